The molecule has 2 rings (SSSR count). The summed E-state index contributed by atoms with van der Waals surface area (Å²) in [5, 5.41) is 9.75. The van der Waals surface area contributed by atoms with Gasteiger partial charge in [-0.15, -0.1) is 0 Å². The van der Waals surface area contributed by atoms with Crippen molar-refractivity contribution in [3.8, 4) is 16.9 Å². The van der Waals surface area contributed by atoms with Gasteiger partial charge < -0.3 is 14.7 Å². The Morgan fingerprint density at radius 3 is 2.33 bits per heavy atom. The molecule has 4 nitrogen and oxygen atoms in total. The number of hydrogen-bond donors (Lipinski definition) is 1. The number of carbonyl (C=O) groups is 1. The predicted molar refractivity (Wildman–Crippen MR) is 110 cm³/mol. The van der Waals surface area contributed by atoms with Crippen LogP contribution in [0.4, 0.5) is 0 Å². The van der Waals surface area contributed by atoms with Crippen molar-refractivity contribution in [2.75, 3.05) is 6.61 Å². The highest BCUT2D eigenvalue weighted by Crippen LogP contribution is 2.30. The van der Waals surface area contributed by atoms with Gasteiger partial charge in [0.15, 0.2) is 0 Å². The van der Waals surface area contributed by atoms with Gasteiger partial charge in [-0.1, -0.05) is 31.2 Å². The topological polar surface area (TPSA) is 49.8 Å². The molecule has 0 spiro atoms. The van der Waals surface area contributed by atoms with Crippen LogP contribution < -0.4 is 4.74 Å². The molecule has 0 radical (unpaired) electrons. The van der Waals surface area contributed by atoms with E-state index in [0.29, 0.717) is 17.9 Å². The third-order valence-electron chi connectivity index (χ3n) is 4.51. The van der Waals surface area contributed by atoms with Crippen molar-refractivity contribution in [3.05, 3.63) is 53.6 Å². The van der Waals surface area contributed by atoms with Crippen molar-refractivity contribution < 1.29 is 14.6 Å². The van der Waals surface area contributed by atoms with Gasteiger partial charge in [-0.05, 0) is 63.4 Å². The minimum absolute atomic E-state index is 0.0208. The van der Waals surface area contributed by atoms with Crippen LogP contribution in [0.1, 0.15) is 57.0 Å². The Kier molecular flexibility index (Phi) is 7.43. The first-order chi connectivity index (χ1) is 12.9. The van der Waals surface area contributed by atoms with Gasteiger partial charge in [0.05, 0.1) is 13.2 Å². The lowest BCUT2D eigenvalue weighted by Gasteiger charge is -2.31. The van der Waals surface area contributed by atoms with Gasteiger partial charge in [-0.3, -0.25) is 4.79 Å². The highest BCUT2D eigenvalue weighted by molar-refractivity contribution is 6.01. The number of hydrogen-bond acceptors (Lipinski definition) is 3. The molecular weight excluding hydrogens is 338 g/mol. The Morgan fingerprint density at radius 2 is 1.74 bits per heavy atom. The first-order valence-corrected chi connectivity index (χ1v) is 9.69. The summed E-state index contributed by atoms with van der Waals surface area (Å²) in [6.45, 7) is 10.7. The first-order valence-electron chi connectivity index (χ1n) is 9.69. The third kappa shape index (κ3) is 4.89. The highest BCUT2D eigenvalue weighted by Gasteiger charge is 2.24. The maximum atomic E-state index is 13.2. The van der Waals surface area contributed by atoms with Crippen LogP contribution in [0.25, 0.3) is 11.1 Å². The van der Waals surface area contributed by atoms with Crippen molar-refractivity contribution >= 4 is 5.91 Å². The zero-order valence-corrected chi connectivity index (χ0v) is 17.0. The Balaban J connectivity index is 2.47. The van der Waals surface area contributed by atoms with E-state index in [2.05, 4.69) is 0 Å². The van der Waals surface area contributed by atoms with E-state index in [4.69, 9.17) is 4.74 Å². The van der Waals surface area contributed by atoms with Crippen LogP contribution in [0.2, 0.25) is 0 Å². The van der Waals surface area contributed by atoms with E-state index in [1.165, 1.54) is 0 Å². The van der Waals surface area contributed by atoms with E-state index in [-0.39, 0.29) is 24.6 Å². The minimum atomic E-state index is -0.104. The zero-order chi connectivity index (χ0) is 20.0. The van der Waals surface area contributed by atoms with Gasteiger partial charge in [0, 0.05) is 23.2 Å². The molecule has 2 aromatic rings. The molecule has 27 heavy (non-hydrogen) atoms. The van der Waals surface area contributed by atoms with Gasteiger partial charge in [0.1, 0.15) is 5.75 Å². The van der Waals surface area contributed by atoms with Crippen molar-refractivity contribution in [2.45, 2.75) is 59.7 Å². The molecule has 0 atom stereocenters. The maximum Gasteiger partial charge on any atom is 0.254 e. The molecule has 0 saturated heterocycles. The fourth-order valence-corrected chi connectivity index (χ4v) is 3.35. The van der Waals surface area contributed by atoms with E-state index in [1.807, 2.05) is 82.0 Å². The van der Waals surface area contributed by atoms with Crippen LogP contribution in [0, 0.1) is 0 Å². The van der Waals surface area contributed by atoms with Crippen molar-refractivity contribution in [1.29, 1.82) is 0 Å². The van der Waals surface area contributed by atoms with Crippen LogP contribution >= 0.6 is 0 Å². The molecule has 2 aromatic carbocycles. The fourth-order valence-electron chi connectivity index (χ4n) is 3.35. The maximum absolute atomic E-state index is 13.2. The summed E-state index contributed by atoms with van der Waals surface area (Å²) in [7, 11) is 0. The molecule has 146 valence electrons. The molecule has 0 aliphatic rings. The highest BCUT2D eigenvalue weighted by atomic mass is 16.5. The molecule has 1 amide bonds. The number of rotatable bonds is 8. The summed E-state index contributed by atoms with van der Waals surface area (Å²) >= 11 is 0. The Labute approximate surface area is 162 Å². The number of aliphatic hydroxyl groups excluding tert-OH is 1. The summed E-state index contributed by atoms with van der Waals surface area (Å²) in [5.74, 6) is 0.713. The van der Waals surface area contributed by atoms with Crippen LogP contribution in [0.3, 0.4) is 0 Å². The molecule has 1 N–H and O–H groups in total. The second kappa shape index (κ2) is 9.56. The molecule has 4 heteroatoms. The molecule has 0 aromatic heterocycles. The van der Waals surface area contributed by atoms with Crippen LogP contribution in [-0.4, -0.2) is 34.6 Å². The second-order valence-corrected chi connectivity index (χ2v) is 7.27. The number of nitrogens with zero attached hydrogens (tertiary/aromatic N) is 1. The monoisotopic (exact) mass is 369 g/mol. The standard InChI is InChI=1S/C23H31NO3/c1-6-13-27-22-12-11-18(14-19(22)15-25)20-9-7-8-10-21(20)23(26)24(16(2)3)17(4)5/h7-12,14,16-17,25H,6,13,15H2,1-5H3. The summed E-state index contributed by atoms with van der Waals surface area (Å²) < 4.78 is 5.71. The predicted octanol–water partition coefficient (Wildman–Crippen LogP) is 4.89. The SMILES string of the molecule is CCCOc1ccc(-c2ccccc2C(=O)N(C(C)C)C(C)C)cc1CO. The lowest BCUT2D eigenvalue weighted by molar-refractivity contribution is 0.0644. The Bertz CT molecular complexity index is 760. The first kappa shape index (κ1) is 21.0. The molecule has 0 heterocycles. The summed E-state index contributed by atoms with van der Waals surface area (Å²) in [6.07, 6.45) is 0.907. The number of ether oxygens (including phenoxy) is 1. The van der Waals surface area contributed by atoms with Crippen molar-refractivity contribution in [2.24, 2.45) is 0 Å². The van der Waals surface area contributed by atoms with E-state index in [0.717, 1.165) is 23.1 Å². The van der Waals surface area contributed by atoms with E-state index in [1.54, 1.807) is 0 Å². The minimum Gasteiger partial charge on any atom is -0.493 e. The lowest BCUT2D eigenvalue weighted by Crippen LogP contribution is -2.42. The third-order valence-corrected chi connectivity index (χ3v) is 4.51. The van der Waals surface area contributed by atoms with Gasteiger partial charge >= 0.3 is 0 Å². The molecule has 0 aliphatic heterocycles. The van der Waals surface area contributed by atoms with Gasteiger partial charge in [-0.25, -0.2) is 0 Å². The average molecular weight is 370 g/mol. The van der Waals surface area contributed by atoms with E-state index >= 15 is 0 Å². The van der Waals surface area contributed by atoms with E-state index in [9.17, 15) is 9.90 Å². The van der Waals surface area contributed by atoms with E-state index < -0.39 is 0 Å². The number of aliphatic hydroxyl groups is 1. The summed E-state index contributed by atoms with van der Waals surface area (Å²) in [5.41, 5.74) is 3.17. The Morgan fingerprint density at radius 1 is 1.07 bits per heavy atom. The lowest BCUT2D eigenvalue weighted by atomic mass is 9.96. The molecule has 0 bridgehead atoms. The Hall–Kier alpha value is -2.33. The number of carbonyl (C=O) groups excluding carboxylic acids is 1. The smallest absolute Gasteiger partial charge is 0.254 e. The van der Waals surface area contributed by atoms with Crippen molar-refractivity contribution in [3.63, 3.8) is 0 Å². The number of benzene rings is 2. The molecule has 0 aliphatic carbocycles. The molecular formula is C23H31NO3. The average Bonchev–Trinajstić information content (AvgIpc) is 2.65. The second-order valence-electron chi connectivity index (χ2n) is 7.27. The zero-order valence-electron chi connectivity index (χ0n) is 17.0. The van der Waals surface area contributed by atoms with Crippen LogP contribution in [0.15, 0.2) is 42.5 Å². The van der Waals surface area contributed by atoms with Gasteiger partial charge in [0.2, 0.25) is 0 Å². The quantitative estimate of drug-likeness (QED) is 0.720. The number of amides is 1. The fraction of sp³-hybridized carbons (Fsp3) is 0.435. The van der Waals surface area contributed by atoms with Crippen LogP contribution in [0.5, 0.6) is 5.75 Å². The van der Waals surface area contributed by atoms with Crippen LogP contribution in [-0.2, 0) is 6.61 Å². The normalized spacial score (nSPS) is 11.1. The summed E-state index contributed by atoms with van der Waals surface area (Å²) in [4.78, 5) is 15.1. The molecule has 0 unspecified atom stereocenters. The van der Waals surface area contributed by atoms with Crippen molar-refractivity contribution in [1.82, 2.24) is 4.90 Å². The largest absolute Gasteiger partial charge is 0.493 e. The van der Waals surface area contributed by atoms with Gasteiger partial charge in [0.25, 0.3) is 5.91 Å². The molecule has 0 fully saturated rings. The molecule has 0 saturated carbocycles. The van der Waals surface area contributed by atoms with Gasteiger partial charge in [-0.2, -0.15) is 0 Å². The summed E-state index contributed by atoms with van der Waals surface area (Å²) in [6, 6.07) is 13.6.